The molecule has 0 fully saturated rings. The second kappa shape index (κ2) is 8.59. The van der Waals surface area contributed by atoms with Crippen molar-refractivity contribution in [2.45, 2.75) is 52.2 Å². The van der Waals surface area contributed by atoms with Crippen LogP contribution >= 0.6 is 23.2 Å². The summed E-state index contributed by atoms with van der Waals surface area (Å²) in [6.07, 6.45) is 4.47. The minimum atomic E-state index is -0.482. The van der Waals surface area contributed by atoms with Crippen molar-refractivity contribution < 1.29 is 9.53 Å². The molecule has 3 rings (SSSR count). The molecular weight excluding hydrogens is 411 g/mol. The summed E-state index contributed by atoms with van der Waals surface area (Å²) < 4.78 is 7.23. The standard InChI is InChI=1S/C21H24Cl2N4O2/c1-13(5-8-19(28)29-21(2,3)4)25-20-26-17(12-18-24-9-10-27(18)20)15-7-6-14(22)11-16(15)23/h6-7,9-13H,5,8H2,1-4H3,(H,25,26). The number of hydrogen-bond acceptors (Lipinski definition) is 5. The molecule has 3 aromatic rings. The highest BCUT2D eigenvalue weighted by Crippen LogP contribution is 2.30. The van der Waals surface area contributed by atoms with Crippen LogP contribution in [0.4, 0.5) is 5.95 Å². The number of aromatic nitrogens is 3. The van der Waals surface area contributed by atoms with Gasteiger partial charge in [-0.05, 0) is 52.3 Å². The fraction of sp³-hybridized carbons (Fsp3) is 0.381. The zero-order chi connectivity index (χ0) is 21.2. The fourth-order valence-electron chi connectivity index (χ4n) is 2.88. The molecule has 2 aromatic heterocycles. The van der Waals surface area contributed by atoms with Crippen LogP contribution in [0, 0.1) is 0 Å². The van der Waals surface area contributed by atoms with Gasteiger partial charge < -0.3 is 10.1 Å². The number of nitrogens with zero attached hydrogens (tertiary/aromatic N) is 3. The Labute approximate surface area is 180 Å². The van der Waals surface area contributed by atoms with E-state index in [4.69, 9.17) is 32.9 Å². The molecule has 6 nitrogen and oxygen atoms in total. The van der Waals surface area contributed by atoms with Crippen LogP contribution in [0.5, 0.6) is 0 Å². The Morgan fingerprint density at radius 3 is 2.72 bits per heavy atom. The lowest BCUT2D eigenvalue weighted by Gasteiger charge is -2.21. The molecule has 1 unspecified atom stereocenters. The van der Waals surface area contributed by atoms with Crippen LogP contribution in [0.25, 0.3) is 16.9 Å². The minimum absolute atomic E-state index is 0.00319. The molecule has 0 aliphatic rings. The molecule has 8 heteroatoms. The van der Waals surface area contributed by atoms with E-state index in [0.717, 1.165) is 11.2 Å². The minimum Gasteiger partial charge on any atom is -0.460 e. The number of hydrogen-bond donors (Lipinski definition) is 1. The predicted molar refractivity (Wildman–Crippen MR) is 117 cm³/mol. The van der Waals surface area contributed by atoms with Gasteiger partial charge >= 0.3 is 5.97 Å². The predicted octanol–water partition coefficient (Wildman–Crippen LogP) is 5.63. The first-order valence-electron chi connectivity index (χ1n) is 9.40. The first-order chi connectivity index (χ1) is 13.6. The number of anilines is 1. The van der Waals surface area contributed by atoms with Crippen molar-refractivity contribution in [3.63, 3.8) is 0 Å². The third-order valence-corrected chi connectivity index (χ3v) is 4.72. The van der Waals surface area contributed by atoms with Gasteiger partial charge in [0.05, 0.1) is 10.7 Å². The van der Waals surface area contributed by atoms with E-state index in [2.05, 4.69) is 10.3 Å². The average Bonchev–Trinajstić information content (AvgIpc) is 3.07. The van der Waals surface area contributed by atoms with Crippen molar-refractivity contribution in [1.29, 1.82) is 0 Å². The van der Waals surface area contributed by atoms with Crippen molar-refractivity contribution in [3.05, 3.63) is 46.7 Å². The second-order valence-electron chi connectivity index (χ2n) is 7.92. The van der Waals surface area contributed by atoms with Crippen molar-refractivity contribution in [2.75, 3.05) is 5.32 Å². The summed E-state index contributed by atoms with van der Waals surface area (Å²) in [6.45, 7) is 7.58. The molecule has 0 bridgehead atoms. The summed E-state index contributed by atoms with van der Waals surface area (Å²) >= 11 is 12.4. The van der Waals surface area contributed by atoms with E-state index < -0.39 is 5.60 Å². The van der Waals surface area contributed by atoms with Gasteiger partial charge in [0, 0.05) is 41.5 Å². The van der Waals surface area contributed by atoms with Crippen molar-refractivity contribution in [3.8, 4) is 11.3 Å². The number of carbonyl (C=O) groups is 1. The first-order valence-corrected chi connectivity index (χ1v) is 10.2. The van der Waals surface area contributed by atoms with Crippen molar-refractivity contribution >= 4 is 40.8 Å². The third kappa shape index (κ3) is 5.61. The summed E-state index contributed by atoms with van der Waals surface area (Å²) in [5, 5.41) is 4.45. The molecule has 29 heavy (non-hydrogen) atoms. The highest BCUT2D eigenvalue weighted by Gasteiger charge is 2.18. The van der Waals surface area contributed by atoms with Gasteiger partial charge in [-0.2, -0.15) is 0 Å². The Balaban J connectivity index is 1.80. The normalized spacial score (nSPS) is 12.8. The zero-order valence-electron chi connectivity index (χ0n) is 16.9. The maximum Gasteiger partial charge on any atom is 0.306 e. The van der Waals surface area contributed by atoms with Crippen LogP contribution in [-0.4, -0.2) is 32.0 Å². The molecule has 0 saturated heterocycles. The van der Waals surface area contributed by atoms with Crippen LogP contribution in [0.15, 0.2) is 36.7 Å². The fourth-order valence-corrected chi connectivity index (χ4v) is 3.39. The van der Waals surface area contributed by atoms with Crippen LogP contribution in [0.3, 0.4) is 0 Å². The number of esters is 1. The first kappa shape index (κ1) is 21.4. The molecule has 2 heterocycles. The lowest BCUT2D eigenvalue weighted by molar-refractivity contribution is -0.154. The molecule has 0 saturated carbocycles. The SMILES string of the molecule is CC(CCC(=O)OC(C)(C)C)Nc1nc(-c2ccc(Cl)cc2Cl)cc2nccn12. The molecular formula is C21H24Cl2N4O2. The zero-order valence-corrected chi connectivity index (χ0v) is 18.4. The number of halogens is 2. The van der Waals surface area contributed by atoms with Gasteiger partial charge in [-0.1, -0.05) is 23.2 Å². The Morgan fingerprint density at radius 2 is 2.03 bits per heavy atom. The number of fused-ring (bicyclic) bond motifs is 1. The van der Waals surface area contributed by atoms with Crippen molar-refractivity contribution in [2.24, 2.45) is 0 Å². The van der Waals surface area contributed by atoms with Crippen LogP contribution in [0.1, 0.15) is 40.5 Å². The number of benzene rings is 1. The van der Waals surface area contributed by atoms with Gasteiger partial charge in [-0.25, -0.2) is 9.97 Å². The Morgan fingerprint density at radius 1 is 1.28 bits per heavy atom. The summed E-state index contributed by atoms with van der Waals surface area (Å²) in [5.74, 6) is 0.409. The molecule has 0 spiro atoms. The van der Waals surface area contributed by atoms with Crippen molar-refractivity contribution in [1.82, 2.24) is 14.4 Å². The van der Waals surface area contributed by atoms with Gasteiger partial charge in [0.2, 0.25) is 5.95 Å². The van der Waals surface area contributed by atoms with Crippen LogP contribution < -0.4 is 5.32 Å². The smallest absolute Gasteiger partial charge is 0.306 e. The lowest BCUT2D eigenvalue weighted by atomic mass is 10.1. The molecule has 0 aliphatic heterocycles. The van der Waals surface area contributed by atoms with Gasteiger partial charge in [-0.3, -0.25) is 9.20 Å². The summed E-state index contributed by atoms with van der Waals surface area (Å²) in [5.41, 5.74) is 1.71. The monoisotopic (exact) mass is 434 g/mol. The average molecular weight is 435 g/mol. The molecule has 154 valence electrons. The highest BCUT2D eigenvalue weighted by atomic mass is 35.5. The topological polar surface area (TPSA) is 68.5 Å². The van der Waals surface area contributed by atoms with Gasteiger partial charge in [-0.15, -0.1) is 0 Å². The number of ether oxygens (including phenoxy) is 1. The van der Waals surface area contributed by atoms with E-state index >= 15 is 0 Å². The lowest BCUT2D eigenvalue weighted by Crippen LogP contribution is -2.25. The summed E-state index contributed by atoms with van der Waals surface area (Å²) in [6, 6.07) is 7.16. The van der Waals surface area contributed by atoms with E-state index in [1.807, 2.05) is 50.4 Å². The van der Waals surface area contributed by atoms with E-state index in [1.54, 1.807) is 18.3 Å². The molecule has 0 amide bonds. The van der Waals surface area contributed by atoms with Crippen LogP contribution in [0.2, 0.25) is 10.0 Å². The Kier molecular flexibility index (Phi) is 6.34. The Bertz CT molecular complexity index is 1030. The van der Waals surface area contributed by atoms with E-state index in [1.165, 1.54) is 0 Å². The van der Waals surface area contributed by atoms with E-state index in [0.29, 0.717) is 34.5 Å². The number of rotatable bonds is 6. The number of nitrogens with one attached hydrogen (secondary N) is 1. The largest absolute Gasteiger partial charge is 0.460 e. The molecule has 0 radical (unpaired) electrons. The van der Waals surface area contributed by atoms with Gasteiger partial charge in [0.1, 0.15) is 11.2 Å². The maximum absolute atomic E-state index is 12.0. The van der Waals surface area contributed by atoms with E-state index in [9.17, 15) is 4.79 Å². The summed E-state index contributed by atoms with van der Waals surface area (Å²) in [4.78, 5) is 21.1. The Hall–Kier alpha value is -2.31. The molecule has 0 aliphatic carbocycles. The summed E-state index contributed by atoms with van der Waals surface area (Å²) in [7, 11) is 0. The number of imidazole rings is 1. The highest BCUT2D eigenvalue weighted by molar-refractivity contribution is 6.36. The third-order valence-electron chi connectivity index (χ3n) is 4.17. The second-order valence-corrected chi connectivity index (χ2v) is 8.76. The van der Waals surface area contributed by atoms with Crippen LogP contribution in [-0.2, 0) is 9.53 Å². The maximum atomic E-state index is 12.0. The molecule has 1 aromatic carbocycles. The molecule has 1 N–H and O–H groups in total. The van der Waals surface area contributed by atoms with Gasteiger partial charge in [0.25, 0.3) is 0 Å². The van der Waals surface area contributed by atoms with E-state index in [-0.39, 0.29) is 12.0 Å². The van der Waals surface area contributed by atoms with Gasteiger partial charge in [0.15, 0.2) is 0 Å². The number of carbonyl (C=O) groups excluding carboxylic acids is 1. The molecule has 1 atom stereocenters. The quantitative estimate of drug-likeness (QED) is 0.509.